The van der Waals surface area contributed by atoms with E-state index in [1.54, 1.807) is 25.1 Å². The second kappa shape index (κ2) is 6.46. The Morgan fingerprint density at radius 2 is 2.04 bits per heavy atom. The van der Waals surface area contributed by atoms with E-state index >= 15 is 0 Å². The van der Waals surface area contributed by atoms with Gasteiger partial charge in [-0.3, -0.25) is 5.84 Å². The molecule has 5 nitrogen and oxygen atoms in total. The number of fused-ring (bicyclic) bond motifs is 1. The largest absolute Gasteiger partial charge is 0.462 e. The van der Waals surface area contributed by atoms with Gasteiger partial charge in [0, 0.05) is 17.0 Å². The van der Waals surface area contributed by atoms with Crippen LogP contribution >= 0.6 is 0 Å². The summed E-state index contributed by atoms with van der Waals surface area (Å²) in [6, 6.07) is 9.59. The van der Waals surface area contributed by atoms with Crippen LogP contribution in [0.4, 0.5) is 10.1 Å². The number of rotatable bonds is 5. The van der Waals surface area contributed by atoms with Gasteiger partial charge in [-0.05, 0) is 61.6 Å². The number of benzene rings is 2. The molecule has 1 aliphatic carbocycles. The first-order chi connectivity index (χ1) is 12.6. The van der Waals surface area contributed by atoms with Crippen LogP contribution in [0.15, 0.2) is 40.8 Å². The average Bonchev–Trinajstić information content (AvgIpc) is 3.42. The number of nitrogens with one attached hydrogen (secondary N) is 1. The molecule has 6 heteroatoms. The molecule has 0 atom stereocenters. The molecule has 0 bridgehead atoms. The van der Waals surface area contributed by atoms with Crippen LogP contribution in [0.3, 0.4) is 0 Å². The van der Waals surface area contributed by atoms with Crippen LogP contribution in [0.25, 0.3) is 22.3 Å². The standard InChI is InChI=1S/C20H19FN2O3/c1-2-25-20(24)18-15-9-14(11-3-4-11)16(23-22)10-17(15)26-19(18)12-5-7-13(21)8-6-12/h5-11,23H,2-4,22H2,1H3. The fourth-order valence-electron chi connectivity index (χ4n) is 3.23. The van der Waals surface area contributed by atoms with Crippen molar-refractivity contribution in [2.45, 2.75) is 25.7 Å². The number of ether oxygens (including phenoxy) is 1. The van der Waals surface area contributed by atoms with Gasteiger partial charge in [-0.2, -0.15) is 0 Å². The van der Waals surface area contributed by atoms with Crippen molar-refractivity contribution in [1.82, 2.24) is 0 Å². The molecule has 3 N–H and O–H groups in total. The first-order valence-corrected chi connectivity index (χ1v) is 8.62. The number of carbonyl (C=O) groups excluding carboxylic acids is 1. The lowest BCUT2D eigenvalue weighted by molar-refractivity contribution is 0.0528. The number of carbonyl (C=O) groups is 1. The van der Waals surface area contributed by atoms with Crippen molar-refractivity contribution in [3.63, 3.8) is 0 Å². The molecule has 0 amide bonds. The molecule has 0 spiro atoms. The number of furan rings is 1. The molecule has 1 aromatic heterocycles. The quantitative estimate of drug-likeness (QED) is 0.398. The Kier molecular flexibility index (Phi) is 4.12. The molecule has 26 heavy (non-hydrogen) atoms. The molecule has 1 aliphatic rings. The molecule has 1 fully saturated rings. The Hall–Kier alpha value is -2.86. The number of hydrazine groups is 1. The zero-order valence-corrected chi connectivity index (χ0v) is 14.3. The van der Waals surface area contributed by atoms with Gasteiger partial charge < -0.3 is 14.6 Å². The van der Waals surface area contributed by atoms with Crippen LogP contribution in [-0.2, 0) is 4.74 Å². The normalized spacial score (nSPS) is 13.8. The monoisotopic (exact) mass is 354 g/mol. The fourth-order valence-corrected chi connectivity index (χ4v) is 3.23. The predicted octanol–water partition coefficient (Wildman–Crippen LogP) is 4.58. The van der Waals surface area contributed by atoms with Crippen LogP contribution in [-0.4, -0.2) is 12.6 Å². The van der Waals surface area contributed by atoms with E-state index in [1.165, 1.54) is 12.1 Å². The first kappa shape index (κ1) is 16.6. The molecular formula is C20H19FN2O3. The van der Waals surface area contributed by atoms with Gasteiger partial charge in [0.15, 0.2) is 0 Å². The van der Waals surface area contributed by atoms with Crippen LogP contribution in [0.2, 0.25) is 0 Å². The van der Waals surface area contributed by atoms with Crippen LogP contribution in [0, 0.1) is 5.82 Å². The van der Waals surface area contributed by atoms with E-state index in [1.807, 2.05) is 6.07 Å². The topological polar surface area (TPSA) is 77.5 Å². The molecule has 0 unspecified atom stereocenters. The van der Waals surface area contributed by atoms with Crippen LogP contribution in [0.5, 0.6) is 0 Å². The highest BCUT2D eigenvalue weighted by atomic mass is 19.1. The third kappa shape index (κ3) is 2.82. The van der Waals surface area contributed by atoms with Crippen LogP contribution < -0.4 is 11.3 Å². The average molecular weight is 354 g/mol. The summed E-state index contributed by atoms with van der Waals surface area (Å²) in [5.41, 5.74) is 6.07. The van der Waals surface area contributed by atoms with Gasteiger partial charge in [0.05, 0.1) is 12.3 Å². The van der Waals surface area contributed by atoms with E-state index in [9.17, 15) is 9.18 Å². The van der Waals surface area contributed by atoms with E-state index in [4.69, 9.17) is 15.0 Å². The number of anilines is 1. The Bertz CT molecular complexity index is 975. The van der Waals surface area contributed by atoms with E-state index < -0.39 is 5.97 Å². The molecule has 134 valence electrons. The SMILES string of the molecule is CCOC(=O)c1c(-c2ccc(F)cc2)oc2cc(NN)c(C3CC3)cc12. The van der Waals surface area contributed by atoms with E-state index in [2.05, 4.69) is 5.43 Å². The zero-order valence-electron chi connectivity index (χ0n) is 14.3. The van der Waals surface area contributed by atoms with Crippen molar-refractivity contribution in [3.8, 4) is 11.3 Å². The maximum Gasteiger partial charge on any atom is 0.342 e. The third-order valence-electron chi connectivity index (χ3n) is 4.62. The summed E-state index contributed by atoms with van der Waals surface area (Å²) in [5, 5.41) is 0.684. The highest BCUT2D eigenvalue weighted by Crippen LogP contribution is 2.46. The summed E-state index contributed by atoms with van der Waals surface area (Å²) in [7, 11) is 0. The smallest absolute Gasteiger partial charge is 0.342 e. The van der Waals surface area contributed by atoms with Gasteiger partial charge >= 0.3 is 5.97 Å². The van der Waals surface area contributed by atoms with Gasteiger partial charge in [0.25, 0.3) is 0 Å². The van der Waals surface area contributed by atoms with Gasteiger partial charge in [0.1, 0.15) is 22.7 Å². The van der Waals surface area contributed by atoms with E-state index in [0.29, 0.717) is 33.8 Å². The van der Waals surface area contributed by atoms with Gasteiger partial charge in [0.2, 0.25) is 0 Å². The van der Waals surface area contributed by atoms with E-state index in [0.717, 1.165) is 24.1 Å². The predicted molar refractivity (Wildman–Crippen MR) is 97.3 cm³/mol. The number of nitrogen functional groups attached to an aromatic ring is 1. The summed E-state index contributed by atoms with van der Waals surface area (Å²) in [6.07, 6.45) is 2.19. The van der Waals surface area contributed by atoms with Gasteiger partial charge in [-0.1, -0.05) is 0 Å². The molecule has 4 rings (SSSR count). The minimum absolute atomic E-state index is 0.256. The second-order valence-corrected chi connectivity index (χ2v) is 6.39. The summed E-state index contributed by atoms with van der Waals surface area (Å²) in [4.78, 5) is 12.6. The summed E-state index contributed by atoms with van der Waals surface area (Å²) < 4.78 is 24.5. The number of esters is 1. The van der Waals surface area contributed by atoms with E-state index in [-0.39, 0.29) is 12.4 Å². The van der Waals surface area contributed by atoms with Crippen LogP contribution in [0.1, 0.15) is 41.6 Å². The van der Waals surface area contributed by atoms with Crippen molar-refractivity contribution in [3.05, 3.63) is 53.3 Å². The van der Waals surface area contributed by atoms with Gasteiger partial charge in [-0.25, -0.2) is 9.18 Å². The molecule has 0 saturated heterocycles. The minimum atomic E-state index is -0.458. The highest BCUT2D eigenvalue weighted by molar-refractivity contribution is 6.09. The molecule has 0 radical (unpaired) electrons. The number of hydrogen-bond donors (Lipinski definition) is 2. The summed E-state index contributed by atoms with van der Waals surface area (Å²) in [6.45, 7) is 2.01. The maximum absolute atomic E-state index is 13.3. The lowest BCUT2D eigenvalue weighted by Gasteiger charge is -2.08. The lowest BCUT2D eigenvalue weighted by atomic mass is 10.0. The lowest BCUT2D eigenvalue weighted by Crippen LogP contribution is -2.09. The van der Waals surface area contributed by atoms with Crippen molar-refractivity contribution < 1.29 is 18.3 Å². The highest BCUT2D eigenvalue weighted by Gasteiger charge is 2.30. The Morgan fingerprint density at radius 3 is 2.65 bits per heavy atom. The van der Waals surface area contributed by atoms with Crippen molar-refractivity contribution in [2.75, 3.05) is 12.0 Å². The summed E-state index contributed by atoms with van der Waals surface area (Å²) in [5.74, 6) is 5.66. The molecular weight excluding hydrogens is 335 g/mol. The van der Waals surface area contributed by atoms with Crippen molar-refractivity contribution in [1.29, 1.82) is 0 Å². The number of hydrogen-bond acceptors (Lipinski definition) is 5. The minimum Gasteiger partial charge on any atom is -0.462 e. The number of halogens is 1. The fraction of sp³-hybridized carbons (Fsp3) is 0.250. The first-order valence-electron chi connectivity index (χ1n) is 8.62. The third-order valence-corrected chi connectivity index (χ3v) is 4.62. The number of nitrogens with two attached hydrogens (primary N) is 1. The molecule has 1 saturated carbocycles. The molecule has 2 aromatic carbocycles. The summed E-state index contributed by atoms with van der Waals surface area (Å²) >= 11 is 0. The maximum atomic E-state index is 13.3. The van der Waals surface area contributed by atoms with Crippen molar-refractivity contribution >= 4 is 22.6 Å². The van der Waals surface area contributed by atoms with Gasteiger partial charge in [-0.15, -0.1) is 0 Å². The van der Waals surface area contributed by atoms with Crippen molar-refractivity contribution in [2.24, 2.45) is 5.84 Å². The zero-order chi connectivity index (χ0) is 18.3. The Morgan fingerprint density at radius 1 is 1.31 bits per heavy atom. The molecule has 3 aromatic rings. The Balaban J connectivity index is 1.96. The second-order valence-electron chi connectivity index (χ2n) is 6.39. The Labute approximate surface area is 149 Å². The molecule has 1 heterocycles. The molecule has 0 aliphatic heterocycles.